The molecule has 6 heteroatoms. The van der Waals surface area contributed by atoms with Crippen molar-refractivity contribution in [3.63, 3.8) is 0 Å². The second kappa shape index (κ2) is 4.49. The van der Waals surface area contributed by atoms with E-state index in [1.807, 2.05) is 0 Å². The molecule has 1 aromatic rings. The van der Waals surface area contributed by atoms with Gasteiger partial charge in [0.2, 0.25) is 0 Å². The minimum absolute atomic E-state index is 0.0156. The molecule has 0 aliphatic carbocycles. The maximum Gasteiger partial charge on any atom is 0.337 e. The van der Waals surface area contributed by atoms with Crippen molar-refractivity contribution in [1.82, 2.24) is 0 Å². The summed E-state index contributed by atoms with van der Waals surface area (Å²) in [6.07, 6.45) is 0. The average molecular weight is 244 g/mol. The summed E-state index contributed by atoms with van der Waals surface area (Å²) < 4.78 is 0. The molecule has 0 unspecified atom stereocenters. The van der Waals surface area contributed by atoms with E-state index in [0.717, 1.165) is 6.07 Å². The molecule has 0 aliphatic heterocycles. The van der Waals surface area contributed by atoms with E-state index >= 15 is 0 Å². The van der Waals surface area contributed by atoms with Gasteiger partial charge in [-0.1, -0.05) is 25.4 Å². The van der Waals surface area contributed by atoms with Crippen LogP contribution in [0.5, 0.6) is 0 Å². The maximum absolute atomic E-state index is 10.8. The summed E-state index contributed by atoms with van der Waals surface area (Å²) in [6, 6.07) is 2.34. The highest BCUT2D eigenvalue weighted by atomic mass is 35.5. The van der Waals surface area contributed by atoms with Crippen LogP contribution >= 0.6 is 11.6 Å². The van der Waals surface area contributed by atoms with Gasteiger partial charge in [0.15, 0.2) is 0 Å². The van der Waals surface area contributed by atoms with E-state index in [-0.39, 0.29) is 22.2 Å². The predicted molar refractivity (Wildman–Crippen MR) is 59.2 cm³/mol. The van der Waals surface area contributed by atoms with Crippen LogP contribution in [0.1, 0.15) is 35.7 Å². The molecule has 0 saturated heterocycles. The number of carboxylic acid groups (broad SMARTS) is 1. The molecule has 16 heavy (non-hydrogen) atoms. The van der Waals surface area contributed by atoms with Gasteiger partial charge in [0, 0.05) is 11.6 Å². The van der Waals surface area contributed by atoms with Crippen LogP contribution in [0.15, 0.2) is 12.1 Å². The molecule has 0 aliphatic rings. The summed E-state index contributed by atoms with van der Waals surface area (Å²) in [7, 11) is 0. The highest BCUT2D eigenvalue weighted by molar-refractivity contribution is 6.33. The second-order valence-corrected chi connectivity index (χ2v) is 4.02. The topological polar surface area (TPSA) is 80.4 Å². The lowest BCUT2D eigenvalue weighted by atomic mass is 9.99. The van der Waals surface area contributed by atoms with Gasteiger partial charge in [-0.15, -0.1) is 0 Å². The van der Waals surface area contributed by atoms with Crippen molar-refractivity contribution in [1.29, 1.82) is 0 Å². The number of carbonyl (C=O) groups is 1. The van der Waals surface area contributed by atoms with Gasteiger partial charge in [-0.25, -0.2) is 4.79 Å². The molecule has 86 valence electrons. The number of nitrogens with zero attached hydrogens (tertiary/aromatic N) is 1. The Hall–Kier alpha value is -1.62. The number of rotatable bonds is 3. The highest BCUT2D eigenvalue weighted by Gasteiger charge is 2.22. The van der Waals surface area contributed by atoms with Crippen LogP contribution in [-0.2, 0) is 0 Å². The first-order chi connectivity index (χ1) is 7.34. The van der Waals surface area contributed by atoms with Crippen molar-refractivity contribution < 1.29 is 14.8 Å². The number of benzene rings is 1. The Balaban J connectivity index is 3.49. The van der Waals surface area contributed by atoms with Crippen LogP contribution in [-0.4, -0.2) is 16.0 Å². The number of hydrogen-bond donors (Lipinski definition) is 1. The lowest BCUT2D eigenvalue weighted by Gasteiger charge is -2.08. The van der Waals surface area contributed by atoms with Gasteiger partial charge in [-0.3, -0.25) is 10.1 Å². The van der Waals surface area contributed by atoms with Gasteiger partial charge >= 0.3 is 5.97 Å². The van der Waals surface area contributed by atoms with E-state index in [9.17, 15) is 14.9 Å². The Morgan fingerprint density at radius 2 is 2.06 bits per heavy atom. The second-order valence-electron chi connectivity index (χ2n) is 3.61. The fraction of sp³-hybridized carbons (Fsp3) is 0.300. The first kappa shape index (κ1) is 12.4. The van der Waals surface area contributed by atoms with Crippen molar-refractivity contribution in [2.24, 2.45) is 0 Å². The molecule has 1 N–H and O–H groups in total. The minimum Gasteiger partial charge on any atom is -0.478 e. The zero-order valence-corrected chi connectivity index (χ0v) is 9.49. The standard InChI is InChI=1S/C10H10ClNO4/c1-5(2)6-3-8(11)7(10(13)14)4-9(6)12(15)16/h3-5H,1-2H3,(H,13,14). The number of carboxylic acids is 1. The largest absolute Gasteiger partial charge is 0.478 e. The van der Waals surface area contributed by atoms with E-state index in [4.69, 9.17) is 16.7 Å². The number of nitro benzene ring substituents is 1. The molecule has 0 aromatic heterocycles. The quantitative estimate of drug-likeness (QED) is 0.653. The van der Waals surface area contributed by atoms with E-state index in [2.05, 4.69) is 0 Å². The normalized spacial score (nSPS) is 10.5. The number of hydrogen-bond acceptors (Lipinski definition) is 3. The highest BCUT2D eigenvalue weighted by Crippen LogP contribution is 2.31. The van der Waals surface area contributed by atoms with Crippen molar-refractivity contribution in [3.8, 4) is 0 Å². The third-order valence-corrected chi connectivity index (χ3v) is 2.48. The summed E-state index contributed by atoms with van der Waals surface area (Å²) in [5.41, 5.74) is -0.0328. The SMILES string of the molecule is CC(C)c1cc(Cl)c(C(=O)O)cc1[N+](=O)[O-]. The Bertz CT molecular complexity index is 456. The Morgan fingerprint density at radius 1 is 1.50 bits per heavy atom. The van der Waals surface area contributed by atoms with E-state index in [0.29, 0.717) is 5.56 Å². The monoisotopic (exact) mass is 243 g/mol. The molecule has 0 saturated carbocycles. The Morgan fingerprint density at radius 3 is 2.44 bits per heavy atom. The molecule has 0 spiro atoms. The first-order valence-corrected chi connectivity index (χ1v) is 4.93. The molecule has 0 fully saturated rings. The van der Waals surface area contributed by atoms with Gasteiger partial charge in [-0.2, -0.15) is 0 Å². The molecule has 0 bridgehead atoms. The Kier molecular flexibility index (Phi) is 3.49. The summed E-state index contributed by atoms with van der Waals surface area (Å²) in [5, 5.41) is 19.6. The molecule has 0 heterocycles. The van der Waals surface area contributed by atoms with Gasteiger partial charge in [0.05, 0.1) is 15.5 Å². The zero-order valence-electron chi connectivity index (χ0n) is 8.73. The molecular formula is C10H10ClNO4. The molecule has 1 rings (SSSR count). The van der Waals surface area contributed by atoms with Crippen molar-refractivity contribution in [3.05, 3.63) is 38.4 Å². The summed E-state index contributed by atoms with van der Waals surface area (Å²) >= 11 is 5.74. The van der Waals surface area contributed by atoms with Crippen molar-refractivity contribution in [2.75, 3.05) is 0 Å². The van der Waals surface area contributed by atoms with E-state index < -0.39 is 10.9 Å². The van der Waals surface area contributed by atoms with E-state index in [1.54, 1.807) is 13.8 Å². The average Bonchev–Trinajstić information content (AvgIpc) is 2.15. The fourth-order valence-corrected chi connectivity index (χ4v) is 1.61. The molecular weight excluding hydrogens is 234 g/mol. The van der Waals surface area contributed by atoms with Gasteiger partial charge < -0.3 is 5.11 Å². The molecule has 0 amide bonds. The summed E-state index contributed by atoms with van der Waals surface area (Å²) in [6.45, 7) is 3.55. The number of nitro groups is 1. The molecule has 0 radical (unpaired) electrons. The van der Waals surface area contributed by atoms with Crippen molar-refractivity contribution in [2.45, 2.75) is 19.8 Å². The van der Waals surface area contributed by atoms with Crippen LogP contribution < -0.4 is 0 Å². The first-order valence-electron chi connectivity index (χ1n) is 4.55. The number of aromatic carboxylic acids is 1. The van der Waals surface area contributed by atoms with Crippen LogP contribution in [0.3, 0.4) is 0 Å². The van der Waals surface area contributed by atoms with Gasteiger partial charge in [0.25, 0.3) is 5.69 Å². The third-order valence-electron chi connectivity index (χ3n) is 2.17. The van der Waals surface area contributed by atoms with E-state index in [1.165, 1.54) is 6.07 Å². The van der Waals surface area contributed by atoms with Gasteiger partial charge in [-0.05, 0) is 12.0 Å². The van der Waals surface area contributed by atoms with Crippen LogP contribution in [0.4, 0.5) is 5.69 Å². The molecule has 5 nitrogen and oxygen atoms in total. The van der Waals surface area contributed by atoms with Gasteiger partial charge in [0.1, 0.15) is 0 Å². The number of halogens is 1. The lowest BCUT2D eigenvalue weighted by molar-refractivity contribution is -0.385. The molecule has 0 atom stereocenters. The predicted octanol–water partition coefficient (Wildman–Crippen LogP) is 3.07. The lowest BCUT2D eigenvalue weighted by Crippen LogP contribution is -2.03. The van der Waals surface area contributed by atoms with Crippen LogP contribution in [0.2, 0.25) is 5.02 Å². The maximum atomic E-state index is 10.8. The third kappa shape index (κ3) is 2.30. The zero-order chi connectivity index (χ0) is 12.5. The fourth-order valence-electron chi connectivity index (χ4n) is 1.36. The summed E-state index contributed by atoms with van der Waals surface area (Å²) in [5.74, 6) is -1.37. The smallest absolute Gasteiger partial charge is 0.337 e. The van der Waals surface area contributed by atoms with Crippen molar-refractivity contribution >= 4 is 23.3 Å². The van der Waals surface area contributed by atoms with Crippen LogP contribution in [0.25, 0.3) is 0 Å². The van der Waals surface area contributed by atoms with Crippen LogP contribution in [0, 0.1) is 10.1 Å². The Labute approximate surface area is 96.8 Å². The molecule has 1 aromatic carbocycles. The summed E-state index contributed by atoms with van der Waals surface area (Å²) in [4.78, 5) is 21.0. The minimum atomic E-state index is -1.27.